The molecule has 1 aromatic heterocycles. The number of carbonyl (C=O) groups is 2. The van der Waals surface area contributed by atoms with Crippen molar-refractivity contribution < 1.29 is 19.4 Å². The number of hydrogen-bond acceptors (Lipinski definition) is 4. The summed E-state index contributed by atoms with van der Waals surface area (Å²) in [5.74, 6) is -1.10. The van der Waals surface area contributed by atoms with E-state index in [0.717, 1.165) is 18.4 Å². The predicted octanol–water partition coefficient (Wildman–Crippen LogP) is 1.60. The summed E-state index contributed by atoms with van der Waals surface area (Å²) >= 11 is 0. The molecule has 0 bridgehead atoms. The van der Waals surface area contributed by atoms with Gasteiger partial charge < -0.3 is 15.2 Å². The lowest BCUT2D eigenvalue weighted by Gasteiger charge is -2.14. The lowest BCUT2D eigenvalue weighted by Crippen LogP contribution is -2.42. The van der Waals surface area contributed by atoms with Crippen LogP contribution in [0.5, 0.6) is 0 Å². The second-order valence-corrected chi connectivity index (χ2v) is 4.09. The number of alkyl carbamates (subject to hydrolysis) is 1. The van der Waals surface area contributed by atoms with Gasteiger partial charge in [-0.25, -0.2) is 9.59 Å². The molecule has 0 aromatic carbocycles. The van der Waals surface area contributed by atoms with Crippen LogP contribution in [-0.4, -0.2) is 34.8 Å². The first-order valence-corrected chi connectivity index (χ1v) is 6.18. The average Bonchev–Trinajstić information content (AvgIpc) is 2.39. The molecule has 0 spiro atoms. The minimum absolute atomic E-state index is 0.173. The Balaban J connectivity index is 2.49. The second kappa shape index (κ2) is 8.07. The number of aromatic nitrogens is 1. The topological polar surface area (TPSA) is 88.5 Å². The SMILES string of the molecule is CCCCOC(=O)N[C@H](Cc1cccnc1)C(=O)O. The number of aliphatic carboxylic acids is 1. The number of nitrogens with zero attached hydrogens (tertiary/aromatic N) is 1. The maximum Gasteiger partial charge on any atom is 0.407 e. The number of nitrogens with one attached hydrogen (secondary N) is 1. The van der Waals surface area contributed by atoms with Crippen molar-refractivity contribution in [2.75, 3.05) is 6.61 Å². The molecule has 104 valence electrons. The van der Waals surface area contributed by atoms with Crippen molar-refractivity contribution >= 4 is 12.1 Å². The summed E-state index contributed by atoms with van der Waals surface area (Å²) in [5.41, 5.74) is 0.740. The monoisotopic (exact) mass is 266 g/mol. The van der Waals surface area contributed by atoms with Crippen molar-refractivity contribution in [3.8, 4) is 0 Å². The van der Waals surface area contributed by atoms with E-state index in [1.54, 1.807) is 24.5 Å². The third-order valence-corrected chi connectivity index (χ3v) is 2.48. The Bertz CT molecular complexity index is 408. The van der Waals surface area contributed by atoms with Crippen molar-refractivity contribution in [3.63, 3.8) is 0 Å². The van der Waals surface area contributed by atoms with Gasteiger partial charge in [0.05, 0.1) is 6.61 Å². The minimum Gasteiger partial charge on any atom is -0.480 e. The second-order valence-electron chi connectivity index (χ2n) is 4.09. The van der Waals surface area contributed by atoms with Gasteiger partial charge in [0.15, 0.2) is 0 Å². The molecule has 0 unspecified atom stereocenters. The van der Waals surface area contributed by atoms with Crippen LogP contribution in [0.15, 0.2) is 24.5 Å². The number of rotatable bonds is 7. The summed E-state index contributed by atoms with van der Waals surface area (Å²) in [6.45, 7) is 2.27. The quantitative estimate of drug-likeness (QED) is 0.732. The third kappa shape index (κ3) is 5.85. The zero-order valence-corrected chi connectivity index (χ0v) is 10.8. The van der Waals surface area contributed by atoms with Crippen LogP contribution >= 0.6 is 0 Å². The molecule has 1 heterocycles. The number of carboxylic acids is 1. The van der Waals surface area contributed by atoms with E-state index in [1.807, 2.05) is 6.92 Å². The summed E-state index contributed by atoms with van der Waals surface area (Å²) in [4.78, 5) is 26.4. The summed E-state index contributed by atoms with van der Waals surface area (Å²) in [7, 11) is 0. The van der Waals surface area contributed by atoms with Gasteiger partial charge in [0.25, 0.3) is 0 Å². The summed E-state index contributed by atoms with van der Waals surface area (Å²) < 4.78 is 4.87. The van der Waals surface area contributed by atoms with Gasteiger partial charge in [-0.05, 0) is 18.1 Å². The van der Waals surface area contributed by atoms with E-state index in [4.69, 9.17) is 9.84 Å². The fourth-order valence-electron chi connectivity index (χ4n) is 1.45. The number of unbranched alkanes of at least 4 members (excludes halogenated alkanes) is 1. The first-order chi connectivity index (χ1) is 9.13. The molecule has 0 radical (unpaired) electrons. The van der Waals surface area contributed by atoms with Gasteiger partial charge >= 0.3 is 12.1 Å². The highest BCUT2D eigenvalue weighted by Gasteiger charge is 2.21. The number of carbonyl (C=O) groups excluding carboxylic acids is 1. The fraction of sp³-hybridized carbons (Fsp3) is 0.462. The maximum atomic E-state index is 11.4. The Hall–Kier alpha value is -2.11. The Labute approximate surface area is 111 Å². The average molecular weight is 266 g/mol. The highest BCUT2D eigenvalue weighted by atomic mass is 16.5. The predicted molar refractivity (Wildman–Crippen MR) is 68.8 cm³/mol. The number of carboxylic acid groups (broad SMARTS) is 1. The molecule has 1 atom stereocenters. The van der Waals surface area contributed by atoms with E-state index >= 15 is 0 Å². The number of ether oxygens (including phenoxy) is 1. The van der Waals surface area contributed by atoms with Crippen molar-refractivity contribution in [2.24, 2.45) is 0 Å². The van der Waals surface area contributed by atoms with Crippen molar-refractivity contribution in [1.82, 2.24) is 10.3 Å². The molecule has 6 nitrogen and oxygen atoms in total. The van der Waals surface area contributed by atoms with Crippen LogP contribution in [0.3, 0.4) is 0 Å². The Morgan fingerprint density at radius 1 is 1.53 bits per heavy atom. The molecule has 0 fully saturated rings. The molecule has 1 aromatic rings. The summed E-state index contributed by atoms with van der Waals surface area (Å²) in [6.07, 6.45) is 4.31. The van der Waals surface area contributed by atoms with Gasteiger partial charge in [0.1, 0.15) is 6.04 Å². The Morgan fingerprint density at radius 3 is 2.89 bits per heavy atom. The van der Waals surface area contributed by atoms with Crippen molar-refractivity contribution in [1.29, 1.82) is 0 Å². The molecule has 19 heavy (non-hydrogen) atoms. The molecule has 0 aliphatic rings. The molecule has 0 saturated heterocycles. The molecular formula is C13H18N2O4. The van der Waals surface area contributed by atoms with Crippen molar-refractivity contribution in [3.05, 3.63) is 30.1 Å². The van der Waals surface area contributed by atoms with Gasteiger partial charge in [0.2, 0.25) is 0 Å². The standard InChI is InChI=1S/C13H18N2O4/c1-2-3-7-19-13(18)15-11(12(16)17)8-10-5-4-6-14-9-10/h4-6,9,11H,2-3,7-8H2,1H3,(H,15,18)(H,16,17)/t11-/m1/s1. The molecule has 0 saturated carbocycles. The largest absolute Gasteiger partial charge is 0.480 e. The molecule has 2 N–H and O–H groups in total. The fourth-order valence-corrected chi connectivity index (χ4v) is 1.45. The highest BCUT2D eigenvalue weighted by molar-refractivity contribution is 5.80. The Morgan fingerprint density at radius 2 is 2.32 bits per heavy atom. The van der Waals surface area contributed by atoms with E-state index < -0.39 is 18.1 Å². The molecule has 1 amide bonds. The number of pyridine rings is 1. The van der Waals surface area contributed by atoms with Gasteiger partial charge in [-0.3, -0.25) is 4.98 Å². The van der Waals surface area contributed by atoms with Gasteiger partial charge in [-0.2, -0.15) is 0 Å². The Kier molecular flexibility index (Phi) is 6.35. The van der Waals surface area contributed by atoms with Crippen LogP contribution in [0, 0.1) is 0 Å². The normalized spacial score (nSPS) is 11.6. The number of amides is 1. The van der Waals surface area contributed by atoms with Crippen LogP contribution in [-0.2, 0) is 16.0 Å². The molecular weight excluding hydrogens is 248 g/mol. The maximum absolute atomic E-state index is 11.4. The van der Waals surface area contributed by atoms with Crippen LogP contribution in [0.25, 0.3) is 0 Å². The first kappa shape index (κ1) is 14.9. The molecule has 6 heteroatoms. The van der Waals surface area contributed by atoms with E-state index in [2.05, 4.69) is 10.3 Å². The molecule has 0 aliphatic heterocycles. The van der Waals surface area contributed by atoms with Crippen LogP contribution in [0.1, 0.15) is 25.3 Å². The smallest absolute Gasteiger partial charge is 0.407 e. The van der Waals surface area contributed by atoms with Crippen LogP contribution < -0.4 is 5.32 Å². The number of hydrogen-bond donors (Lipinski definition) is 2. The zero-order valence-electron chi connectivity index (χ0n) is 10.8. The minimum atomic E-state index is -1.10. The van der Waals surface area contributed by atoms with Gasteiger partial charge in [-0.15, -0.1) is 0 Å². The van der Waals surface area contributed by atoms with E-state index in [1.165, 1.54) is 0 Å². The van der Waals surface area contributed by atoms with Crippen molar-refractivity contribution in [2.45, 2.75) is 32.2 Å². The lowest BCUT2D eigenvalue weighted by molar-refractivity contribution is -0.139. The van der Waals surface area contributed by atoms with E-state index in [0.29, 0.717) is 6.61 Å². The lowest BCUT2D eigenvalue weighted by atomic mass is 10.1. The van der Waals surface area contributed by atoms with E-state index in [-0.39, 0.29) is 6.42 Å². The summed E-state index contributed by atoms with van der Waals surface area (Å²) in [5, 5.41) is 11.4. The molecule has 0 aliphatic carbocycles. The van der Waals surface area contributed by atoms with Gasteiger partial charge in [0, 0.05) is 18.8 Å². The highest BCUT2D eigenvalue weighted by Crippen LogP contribution is 2.02. The zero-order chi connectivity index (χ0) is 14.1. The first-order valence-electron chi connectivity index (χ1n) is 6.18. The van der Waals surface area contributed by atoms with E-state index in [9.17, 15) is 9.59 Å². The third-order valence-electron chi connectivity index (χ3n) is 2.48. The molecule has 1 rings (SSSR count). The van der Waals surface area contributed by atoms with Gasteiger partial charge in [-0.1, -0.05) is 19.4 Å². The van der Waals surface area contributed by atoms with Crippen LogP contribution in [0.2, 0.25) is 0 Å². The van der Waals surface area contributed by atoms with Crippen LogP contribution in [0.4, 0.5) is 4.79 Å². The summed E-state index contributed by atoms with van der Waals surface area (Å²) in [6, 6.07) is 2.46.